The molecule has 8 heteroatoms. The molecular weight excluding hydrogens is 406 g/mol. The molecule has 8 nitrogen and oxygen atoms in total. The lowest BCUT2D eigenvalue weighted by Gasteiger charge is -2.43. The van der Waals surface area contributed by atoms with Gasteiger partial charge in [-0.05, 0) is 37.8 Å². The molecular formula is C24H35N5O3. The molecule has 0 atom stereocenters. The molecule has 1 aromatic carbocycles. The number of imidazole rings is 1. The van der Waals surface area contributed by atoms with Gasteiger partial charge in [-0.2, -0.15) is 0 Å². The Bertz CT molecular complexity index is 867. The van der Waals surface area contributed by atoms with E-state index in [-0.39, 0.29) is 11.8 Å². The molecule has 2 aliphatic heterocycles. The van der Waals surface area contributed by atoms with Gasteiger partial charge in [-0.1, -0.05) is 12.1 Å². The molecule has 0 spiro atoms. The third-order valence-electron chi connectivity index (χ3n) is 6.76. The molecule has 0 saturated carbocycles. The highest BCUT2D eigenvalue weighted by molar-refractivity contribution is 5.77. The number of likely N-dealkylation sites (tertiary alicyclic amines) is 1. The maximum atomic E-state index is 12.4. The van der Waals surface area contributed by atoms with Gasteiger partial charge in [0.1, 0.15) is 5.82 Å². The van der Waals surface area contributed by atoms with E-state index in [9.17, 15) is 9.59 Å². The molecule has 4 rings (SSSR count). The van der Waals surface area contributed by atoms with E-state index in [1.54, 1.807) is 6.92 Å². The highest BCUT2D eigenvalue weighted by Crippen LogP contribution is 2.23. The summed E-state index contributed by atoms with van der Waals surface area (Å²) in [7, 11) is 0. The molecule has 2 aromatic rings. The fourth-order valence-corrected chi connectivity index (χ4v) is 4.96. The summed E-state index contributed by atoms with van der Waals surface area (Å²) in [5.41, 5.74) is 1.94. The quantitative estimate of drug-likeness (QED) is 0.655. The largest absolute Gasteiger partial charge is 0.381 e. The number of carbonyl (C=O) groups excluding carboxylic acids is 2. The van der Waals surface area contributed by atoms with E-state index < -0.39 is 0 Å². The second-order valence-corrected chi connectivity index (χ2v) is 8.87. The predicted molar refractivity (Wildman–Crippen MR) is 123 cm³/mol. The van der Waals surface area contributed by atoms with E-state index in [1.165, 1.54) is 0 Å². The Labute approximate surface area is 189 Å². The van der Waals surface area contributed by atoms with Gasteiger partial charge < -0.3 is 19.9 Å². The third kappa shape index (κ3) is 5.86. The molecule has 2 aliphatic rings. The number of ether oxygens (including phenoxy) is 1. The molecule has 0 radical (unpaired) electrons. The van der Waals surface area contributed by atoms with Gasteiger partial charge in [-0.15, -0.1) is 0 Å². The lowest BCUT2D eigenvalue weighted by Crippen LogP contribution is -2.53. The first-order valence-corrected chi connectivity index (χ1v) is 11.9. The van der Waals surface area contributed by atoms with Crippen molar-refractivity contribution in [2.45, 2.75) is 57.5 Å². The molecule has 0 unspecified atom stereocenters. The van der Waals surface area contributed by atoms with E-state index in [0.717, 1.165) is 75.4 Å². The fraction of sp³-hybridized carbons (Fsp3) is 0.625. The average molecular weight is 442 g/mol. The van der Waals surface area contributed by atoms with Crippen molar-refractivity contribution in [3.8, 4) is 0 Å². The maximum absolute atomic E-state index is 12.4. The first kappa shape index (κ1) is 22.7. The molecule has 174 valence electrons. The topological polar surface area (TPSA) is 90.6 Å². The summed E-state index contributed by atoms with van der Waals surface area (Å²) < 4.78 is 5.57. The van der Waals surface area contributed by atoms with Gasteiger partial charge in [-0.25, -0.2) is 4.98 Å². The van der Waals surface area contributed by atoms with Gasteiger partial charge in [0, 0.05) is 71.2 Å². The number of aryl methyl sites for hydroxylation is 1. The Kier molecular flexibility index (Phi) is 7.76. The predicted octanol–water partition coefficient (Wildman–Crippen LogP) is 2.10. The summed E-state index contributed by atoms with van der Waals surface area (Å²) in [6.07, 6.45) is 5.09. The van der Waals surface area contributed by atoms with Crippen LogP contribution in [0, 0.1) is 0 Å². The minimum Gasteiger partial charge on any atom is -0.381 e. The van der Waals surface area contributed by atoms with E-state index in [2.05, 4.69) is 20.2 Å². The lowest BCUT2D eigenvalue weighted by molar-refractivity contribution is -0.130. The number of hydrogen-bond acceptors (Lipinski definition) is 5. The number of rotatable bonds is 8. The number of H-pyrrole nitrogens is 1. The second kappa shape index (κ2) is 10.9. The lowest BCUT2D eigenvalue weighted by atomic mass is 9.98. The number of amides is 2. The number of fused-ring (bicyclic) bond motifs is 1. The minimum atomic E-state index is 0.0591. The van der Waals surface area contributed by atoms with Crippen LogP contribution in [0.3, 0.4) is 0 Å². The van der Waals surface area contributed by atoms with Crippen molar-refractivity contribution in [2.75, 3.05) is 39.4 Å². The molecule has 0 bridgehead atoms. The Hall–Kier alpha value is -2.45. The molecule has 2 N–H and O–H groups in total. The van der Waals surface area contributed by atoms with Crippen LogP contribution in [-0.4, -0.2) is 83.1 Å². The fourth-order valence-electron chi connectivity index (χ4n) is 4.96. The van der Waals surface area contributed by atoms with Crippen molar-refractivity contribution in [1.82, 2.24) is 25.1 Å². The van der Waals surface area contributed by atoms with Crippen LogP contribution in [0.5, 0.6) is 0 Å². The number of aromatic nitrogens is 2. The molecule has 2 amide bonds. The summed E-state index contributed by atoms with van der Waals surface area (Å²) in [6.45, 7) is 6.38. The normalized spacial score (nSPS) is 18.4. The number of nitrogens with zero attached hydrogens (tertiary/aromatic N) is 3. The first-order chi connectivity index (χ1) is 15.6. The monoisotopic (exact) mass is 441 g/mol. The Balaban J connectivity index is 1.25. The zero-order chi connectivity index (χ0) is 22.3. The highest BCUT2D eigenvalue weighted by Gasteiger charge is 2.31. The Morgan fingerprint density at radius 2 is 1.88 bits per heavy atom. The van der Waals surface area contributed by atoms with Gasteiger partial charge in [-0.3, -0.25) is 14.5 Å². The van der Waals surface area contributed by atoms with Crippen molar-refractivity contribution >= 4 is 22.8 Å². The summed E-state index contributed by atoms with van der Waals surface area (Å²) in [5, 5.41) is 3.10. The van der Waals surface area contributed by atoms with E-state index in [0.29, 0.717) is 31.5 Å². The van der Waals surface area contributed by atoms with Crippen LogP contribution in [0.2, 0.25) is 0 Å². The molecule has 1 aromatic heterocycles. The SMILES string of the molecule is CC(=O)N1CCC(N(CCNC(=O)CCc2nc3ccccc3[nH]2)C2CCOCC2)CC1. The van der Waals surface area contributed by atoms with Crippen LogP contribution in [0.4, 0.5) is 0 Å². The van der Waals surface area contributed by atoms with Crippen LogP contribution in [0.15, 0.2) is 24.3 Å². The summed E-state index contributed by atoms with van der Waals surface area (Å²) in [4.78, 5) is 36.5. The number of nitrogens with one attached hydrogen (secondary N) is 2. The Morgan fingerprint density at radius 1 is 1.16 bits per heavy atom. The summed E-state index contributed by atoms with van der Waals surface area (Å²) in [6, 6.07) is 8.86. The minimum absolute atomic E-state index is 0.0591. The highest BCUT2D eigenvalue weighted by atomic mass is 16.5. The smallest absolute Gasteiger partial charge is 0.220 e. The van der Waals surface area contributed by atoms with Gasteiger partial charge in [0.05, 0.1) is 11.0 Å². The first-order valence-electron chi connectivity index (χ1n) is 11.9. The van der Waals surface area contributed by atoms with Crippen LogP contribution in [0.25, 0.3) is 11.0 Å². The molecule has 3 heterocycles. The van der Waals surface area contributed by atoms with Crippen LogP contribution in [0.1, 0.15) is 44.9 Å². The van der Waals surface area contributed by atoms with Crippen LogP contribution < -0.4 is 5.32 Å². The number of aromatic amines is 1. The summed E-state index contributed by atoms with van der Waals surface area (Å²) >= 11 is 0. The van der Waals surface area contributed by atoms with E-state index >= 15 is 0 Å². The number of hydrogen-bond donors (Lipinski definition) is 2. The molecule has 2 saturated heterocycles. The maximum Gasteiger partial charge on any atom is 0.220 e. The van der Waals surface area contributed by atoms with E-state index in [1.807, 2.05) is 29.2 Å². The van der Waals surface area contributed by atoms with Crippen molar-refractivity contribution in [3.63, 3.8) is 0 Å². The van der Waals surface area contributed by atoms with Gasteiger partial charge >= 0.3 is 0 Å². The zero-order valence-electron chi connectivity index (χ0n) is 19.0. The van der Waals surface area contributed by atoms with Gasteiger partial charge in [0.25, 0.3) is 0 Å². The second-order valence-electron chi connectivity index (χ2n) is 8.87. The van der Waals surface area contributed by atoms with Crippen molar-refractivity contribution in [1.29, 1.82) is 0 Å². The third-order valence-corrected chi connectivity index (χ3v) is 6.76. The number of carbonyl (C=O) groups is 2. The zero-order valence-corrected chi connectivity index (χ0v) is 19.0. The number of piperidine rings is 1. The number of para-hydroxylation sites is 2. The molecule has 2 fully saturated rings. The Morgan fingerprint density at radius 3 is 2.59 bits per heavy atom. The number of benzene rings is 1. The van der Waals surface area contributed by atoms with Crippen molar-refractivity contribution < 1.29 is 14.3 Å². The van der Waals surface area contributed by atoms with Crippen LogP contribution >= 0.6 is 0 Å². The van der Waals surface area contributed by atoms with Gasteiger partial charge in [0.15, 0.2) is 0 Å². The van der Waals surface area contributed by atoms with Gasteiger partial charge in [0.2, 0.25) is 11.8 Å². The van der Waals surface area contributed by atoms with E-state index in [4.69, 9.17) is 4.74 Å². The molecule has 0 aliphatic carbocycles. The van der Waals surface area contributed by atoms with Crippen molar-refractivity contribution in [2.24, 2.45) is 0 Å². The van der Waals surface area contributed by atoms with Crippen molar-refractivity contribution in [3.05, 3.63) is 30.1 Å². The molecule has 32 heavy (non-hydrogen) atoms. The van der Waals surface area contributed by atoms with Crippen LogP contribution in [-0.2, 0) is 20.7 Å². The standard InChI is InChI=1S/C24H35N5O3/c1-18(30)28-13-8-19(9-14-28)29(20-10-16-32-17-11-20)15-12-25-24(31)7-6-23-26-21-4-2-3-5-22(21)27-23/h2-5,19-20H,6-17H2,1H3,(H,25,31)(H,26,27). The average Bonchev–Trinajstić information content (AvgIpc) is 3.24. The summed E-state index contributed by atoms with van der Waals surface area (Å²) in [5.74, 6) is 1.07.